The van der Waals surface area contributed by atoms with Crippen LogP contribution in [-0.2, 0) is 6.42 Å². The van der Waals surface area contributed by atoms with Crippen molar-refractivity contribution in [2.45, 2.75) is 11.9 Å². The number of hydrogen-bond acceptors (Lipinski definition) is 2. The Morgan fingerprint density at radius 2 is 2.38 bits per heavy atom. The maximum atomic E-state index is 6.00. The molecule has 1 aromatic rings. The van der Waals surface area contributed by atoms with Gasteiger partial charge in [0.2, 0.25) is 0 Å². The van der Waals surface area contributed by atoms with Crippen LogP contribution in [0.4, 0.5) is 0 Å². The molecule has 0 N–H and O–H groups in total. The minimum atomic E-state index is -0.227. The van der Waals surface area contributed by atoms with Crippen LogP contribution in [0.5, 0.6) is 5.75 Å². The Bertz CT molecular complexity index is 349. The second kappa shape index (κ2) is 3.38. The van der Waals surface area contributed by atoms with E-state index < -0.39 is 0 Å². The SMILES string of the molecule is COc1ccc2c(c1)CC=NC2Cl. The minimum Gasteiger partial charge on any atom is -0.497 e. The van der Waals surface area contributed by atoms with Gasteiger partial charge in [-0.3, -0.25) is 4.99 Å². The van der Waals surface area contributed by atoms with E-state index in [1.165, 1.54) is 5.56 Å². The molecular weight excluding hydrogens is 186 g/mol. The van der Waals surface area contributed by atoms with E-state index in [0.29, 0.717) is 0 Å². The zero-order chi connectivity index (χ0) is 9.26. The molecule has 0 amide bonds. The van der Waals surface area contributed by atoms with E-state index in [2.05, 4.69) is 4.99 Å². The molecule has 0 saturated carbocycles. The van der Waals surface area contributed by atoms with Crippen molar-refractivity contribution in [3.8, 4) is 5.75 Å². The molecule has 1 unspecified atom stereocenters. The van der Waals surface area contributed by atoms with Crippen LogP contribution >= 0.6 is 11.6 Å². The summed E-state index contributed by atoms with van der Waals surface area (Å²) < 4.78 is 5.13. The number of aliphatic imine (C=N–C) groups is 1. The van der Waals surface area contributed by atoms with Gasteiger partial charge in [-0.15, -0.1) is 0 Å². The van der Waals surface area contributed by atoms with Crippen LogP contribution in [0, 0.1) is 0 Å². The van der Waals surface area contributed by atoms with Crippen LogP contribution < -0.4 is 4.74 Å². The standard InChI is InChI=1S/C10H10ClNO/c1-13-8-2-3-9-7(6-8)4-5-12-10(9)11/h2-3,5-6,10H,4H2,1H3. The van der Waals surface area contributed by atoms with Crippen molar-refractivity contribution in [2.24, 2.45) is 4.99 Å². The molecule has 13 heavy (non-hydrogen) atoms. The van der Waals surface area contributed by atoms with Gasteiger partial charge in [-0.2, -0.15) is 0 Å². The van der Waals surface area contributed by atoms with Crippen LogP contribution in [0.2, 0.25) is 0 Å². The van der Waals surface area contributed by atoms with Crippen LogP contribution in [0.25, 0.3) is 0 Å². The molecule has 0 spiro atoms. The summed E-state index contributed by atoms with van der Waals surface area (Å²) in [7, 11) is 1.66. The summed E-state index contributed by atoms with van der Waals surface area (Å²) in [6, 6.07) is 5.90. The fraction of sp³-hybridized carbons (Fsp3) is 0.300. The number of halogens is 1. The number of ether oxygens (including phenoxy) is 1. The number of fused-ring (bicyclic) bond motifs is 1. The van der Waals surface area contributed by atoms with Crippen molar-refractivity contribution < 1.29 is 4.74 Å². The van der Waals surface area contributed by atoms with Crippen molar-refractivity contribution in [1.29, 1.82) is 0 Å². The summed E-state index contributed by atoms with van der Waals surface area (Å²) in [6.45, 7) is 0. The summed E-state index contributed by atoms with van der Waals surface area (Å²) in [5.74, 6) is 0.873. The zero-order valence-electron chi connectivity index (χ0n) is 7.33. The first-order valence-electron chi connectivity index (χ1n) is 4.14. The smallest absolute Gasteiger partial charge is 0.148 e. The second-order valence-corrected chi connectivity index (χ2v) is 3.35. The van der Waals surface area contributed by atoms with Gasteiger partial charge in [0.05, 0.1) is 7.11 Å². The molecule has 3 heteroatoms. The lowest BCUT2D eigenvalue weighted by atomic mass is 10.0. The molecular formula is C10H10ClNO. The third kappa shape index (κ3) is 1.54. The van der Waals surface area contributed by atoms with Gasteiger partial charge in [0, 0.05) is 12.6 Å². The fourth-order valence-electron chi connectivity index (χ4n) is 1.44. The Balaban J connectivity index is 2.43. The summed E-state index contributed by atoms with van der Waals surface area (Å²) in [5, 5.41) is 0. The molecule has 0 fully saturated rings. The topological polar surface area (TPSA) is 21.6 Å². The van der Waals surface area contributed by atoms with Crippen molar-refractivity contribution in [2.75, 3.05) is 7.11 Å². The molecule has 68 valence electrons. The van der Waals surface area contributed by atoms with Gasteiger partial charge in [-0.1, -0.05) is 17.7 Å². The van der Waals surface area contributed by atoms with Gasteiger partial charge < -0.3 is 4.74 Å². The predicted molar refractivity (Wildman–Crippen MR) is 53.8 cm³/mol. The van der Waals surface area contributed by atoms with Gasteiger partial charge in [-0.25, -0.2) is 0 Å². The van der Waals surface area contributed by atoms with Crippen LogP contribution in [-0.4, -0.2) is 13.3 Å². The van der Waals surface area contributed by atoms with E-state index in [1.54, 1.807) is 7.11 Å². The molecule has 1 heterocycles. The summed E-state index contributed by atoms with van der Waals surface area (Å²) in [5.41, 5.74) is 2.06. The lowest BCUT2D eigenvalue weighted by Crippen LogP contribution is -2.03. The summed E-state index contributed by atoms with van der Waals surface area (Å²) >= 11 is 6.00. The van der Waals surface area contributed by atoms with Crippen LogP contribution in [0.3, 0.4) is 0 Å². The maximum absolute atomic E-state index is 6.00. The monoisotopic (exact) mass is 195 g/mol. The Labute approximate surface area is 82.2 Å². The summed E-state index contributed by atoms with van der Waals surface area (Å²) in [6.07, 6.45) is 2.69. The molecule has 0 aliphatic carbocycles. The van der Waals surface area contributed by atoms with Crippen molar-refractivity contribution in [3.05, 3.63) is 29.3 Å². The van der Waals surface area contributed by atoms with Gasteiger partial charge in [0.25, 0.3) is 0 Å². The normalized spacial score (nSPS) is 19.7. The van der Waals surface area contributed by atoms with E-state index in [-0.39, 0.29) is 5.50 Å². The molecule has 0 saturated heterocycles. The molecule has 1 aromatic carbocycles. The Hall–Kier alpha value is -1.02. The quantitative estimate of drug-likeness (QED) is 0.499. The Morgan fingerprint density at radius 3 is 3.15 bits per heavy atom. The zero-order valence-corrected chi connectivity index (χ0v) is 8.08. The Kier molecular flexibility index (Phi) is 2.23. The number of nitrogens with zero attached hydrogens (tertiary/aromatic N) is 1. The van der Waals surface area contributed by atoms with E-state index in [0.717, 1.165) is 17.7 Å². The van der Waals surface area contributed by atoms with Crippen molar-refractivity contribution in [1.82, 2.24) is 0 Å². The molecule has 2 rings (SSSR count). The van der Waals surface area contributed by atoms with E-state index in [9.17, 15) is 0 Å². The first-order chi connectivity index (χ1) is 6.31. The third-order valence-electron chi connectivity index (χ3n) is 2.15. The number of benzene rings is 1. The highest BCUT2D eigenvalue weighted by atomic mass is 35.5. The molecule has 0 bridgehead atoms. The molecule has 0 radical (unpaired) electrons. The molecule has 1 aliphatic rings. The maximum Gasteiger partial charge on any atom is 0.148 e. The first-order valence-corrected chi connectivity index (χ1v) is 4.57. The minimum absolute atomic E-state index is 0.227. The molecule has 0 aromatic heterocycles. The lowest BCUT2D eigenvalue weighted by molar-refractivity contribution is 0.414. The van der Waals surface area contributed by atoms with Gasteiger partial charge in [0.15, 0.2) is 0 Å². The first kappa shape index (κ1) is 8.57. The van der Waals surface area contributed by atoms with E-state index >= 15 is 0 Å². The average molecular weight is 196 g/mol. The largest absolute Gasteiger partial charge is 0.497 e. The van der Waals surface area contributed by atoms with Crippen LogP contribution in [0.1, 0.15) is 16.6 Å². The van der Waals surface area contributed by atoms with E-state index in [1.807, 2.05) is 24.4 Å². The average Bonchev–Trinajstić information content (AvgIpc) is 2.18. The summed E-state index contributed by atoms with van der Waals surface area (Å²) in [4.78, 5) is 4.13. The molecule has 2 nitrogen and oxygen atoms in total. The molecule has 1 atom stereocenters. The second-order valence-electron chi connectivity index (χ2n) is 2.94. The third-order valence-corrected chi connectivity index (χ3v) is 2.50. The predicted octanol–water partition coefficient (Wildman–Crippen LogP) is 2.56. The van der Waals surface area contributed by atoms with Gasteiger partial charge in [-0.05, 0) is 23.3 Å². The highest BCUT2D eigenvalue weighted by molar-refractivity contribution is 6.21. The number of methoxy groups -OCH3 is 1. The highest BCUT2D eigenvalue weighted by Gasteiger charge is 2.14. The number of hydrogen-bond donors (Lipinski definition) is 0. The van der Waals surface area contributed by atoms with Crippen molar-refractivity contribution >= 4 is 17.8 Å². The lowest BCUT2D eigenvalue weighted by Gasteiger charge is -2.15. The molecule has 1 aliphatic heterocycles. The number of alkyl halides is 1. The van der Waals surface area contributed by atoms with E-state index in [4.69, 9.17) is 16.3 Å². The van der Waals surface area contributed by atoms with Crippen LogP contribution in [0.15, 0.2) is 23.2 Å². The van der Waals surface area contributed by atoms with Gasteiger partial charge in [0.1, 0.15) is 11.3 Å². The highest BCUT2D eigenvalue weighted by Crippen LogP contribution is 2.30. The fourth-order valence-corrected chi connectivity index (χ4v) is 1.73. The Morgan fingerprint density at radius 1 is 1.54 bits per heavy atom. The number of rotatable bonds is 1. The van der Waals surface area contributed by atoms with Crippen molar-refractivity contribution in [3.63, 3.8) is 0 Å². The van der Waals surface area contributed by atoms with Gasteiger partial charge >= 0.3 is 0 Å².